The average molecular weight is 288 g/mol. The van der Waals surface area contributed by atoms with Crippen LogP contribution in [0.5, 0.6) is 0 Å². The number of carbonyl (C=O) groups is 1. The molecule has 0 spiro atoms. The molecule has 1 aromatic carbocycles. The summed E-state index contributed by atoms with van der Waals surface area (Å²) < 4.78 is 0. The third kappa shape index (κ3) is 3.46. The van der Waals surface area contributed by atoms with E-state index in [1.54, 1.807) is 0 Å². The first-order valence-electron chi connectivity index (χ1n) is 8.15. The van der Waals surface area contributed by atoms with Crippen LogP contribution in [0.4, 0.5) is 0 Å². The van der Waals surface area contributed by atoms with E-state index in [-0.39, 0.29) is 11.8 Å². The number of nitrogens with two attached hydrogens (primary N) is 1. The minimum absolute atomic E-state index is 0.194. The van der Waals surface area contributed by atoms with Crippen molar-refractivity contribution < 1.29 is 4.79 Å². The fourth-order valence-corrected chi connectivity index (χ4v) is 3.57. The van der Waals surface area contributed by atoms with E-state index in [2.05, 4.69) is 18.7 Å². The molecule has 0 aliphatic carbocycles. The minimum Gasteiger partial charge on any atom is -0.369 e. The lowest BCUT2D eigenvalue weighted by Crippen LogP contribution is -2.48. The molecule has 0 saturated carbocycles. The molecule has 1 aliphatic rings. The predicted octanol–water partition coefficient (Wildman–Crippen LogP) is 2.94. The Labute approximate surface area is 128 Å². The molecule has 0 aromatic heterocycles. The first-order chi connectivity index (χ1) is 10.1. The van der Waals surface area contributed by atoms with Crippen molar-refractivity contribution in [3.05, 3.63) is 35.9 Å². The van der Waals surface area contributed by atoms with Crippen molar-refractivity contribution in [3.63, 3.8) is 0 Å². The topological polar surface area (TPSA) is 46.3 Å². The van der Waals surface area contributed by atoms with Gasteiger partial charge < -0.3 is 10.6 Å². The van der Waals surface area contributed by atoms with Gasteiger partial charge in [-0.25, -0.2) is 0 Å². The SMILES string of the molecule is CC(C)C(CCN1CCCCC1)(C(N)=O)c1ccccc1. The molecule has 1 aromatic rings. The van der Waals surface area contributed by atoms with Gasteiger partial charge in [0.2, 0.25) is 5.91 Å². The Morgan fingerprint density at radius 3 is 2.33 bits per heavy atom. The Bertz CT molecular complexity index is 452. The maximum atomic E-state index is 12.3. The van der Waals surface area contributed by atoms with Crippen LogP contribution in [0.2, 0.25) is 0 Å². The highest BCUT2D eigenvalue weighted by atomic mass is 16.1. The second-order valence-corrected chi connectivity index (χ2v) is 6.51. The van der Waals surface area contributed by atoms with Crippen LogP contribution in [0.1, 0.15) is 45.1 Å². The number of rotatable bonds is 6. The van der Waals surface area contributed by atoms with Crippen LogP contribution in [0.25, 0.3) is 0 Å². The van der Waals surface area contributed by atoms with Gasteiger partial charge in [0, 0.05) is 0 Å². The normalized spacial score (nSPS) is 19.4. The Kier molecular flexibility index (Phi) is 5.40. The van der Waals surface area contributed by atoms with Crippen molar-refractivity contribution in [1.82, 2.24) is 4.90 Å². The number of benzene rings is 1. The summed E-state index contributed by atoms with van der Waals surface area (Å²) in [5, 5.41) is 0. The van der Waals surface area contributed by atoms with Gasteiger partial charge in [0.25, 0.3) is 0 Å². The molecular weight excluding hydrogens is 260 g/mol. The van der Waals surface area contributed by atoms with Crippen LogP contribution < -0.4 is 5.73 Å². The second kappa shape index (κ2) is 7.08. The van der Waals surface area contributed by atoms with E-state index in [0.29, 0.717) is 0 Å². The van der Waals surface area contributed by atoms with Crippen molar-refractivity contribution in [3.8, 4) is 0 Å². The smallest absolute Gasteiger partial charge is 0.228 e. The number of hydrogen-bond donors (Lipinski definition) is 1. The van der Waals surface area contributed by atoms with Gasteiger partial charge in [0.1, 0.15) is 0 Å². The number of carbonyl (C=O) groups excluding carboxylic acids is 1. The lowest BCUT2D eigenvalue weighted by Gasteiger charge is -2.38. The molecular formula is C18H28N2O. The second-order valence-electron chi connectivity index (χ2n) is 6.51. The number of likely N-dealkylation sites (tertiary alicyclic amines) is 1. The van der Waals surface area contributed by atoms with Gasteiger partial charge in [-0.2, -0.15) is 0 Å². The molecule has 2 rings (SSSR count). The first kappa shape index (κ1) is 16.0. The number of hydrogen-bond acceptors (Lipinski definition) is 2. The van der Waals surface area contributed by atoms with Gasteiger partial charge in [0.05, 0.1) is 5.41 Å². The van der Waals surface area contributed by atoms with Crippen molar-refractivity contribution in [2.24, 2.45) is 11.7 Å². The van der Waals surface area contributed by atoms with E-state index in [1.807, 2.05) is 30.3 Å². The number of nitrogens with zero attached hydrogens (tertiary/aromatic N) is 1. The molecule has 1 amide bonds. The fourth-order valence-electron chi connectivity index (χ4n) is 3.57. The van der Waals surface area contributed by atoms with Gasteiger partial charge >= 0.3 is 0 Å². The molecule has 1 unspecified atom stereocenters. The monoisotopic (exact) mass is 288 g/mol. The molecule has 1 aliphatic heterocycles. The minimum atomic E-state index is -0.557. The Morgan fingerprint density at radius 2 is 1.81 bits per heavy atom. The van der Waals surface area contributed by atoms with Gasteiger partial charge in [0.15, 0.2) is 0 Å². The van der Waals surface area contributed by atoms with Crippen LogP contribution in [0, 0.1) is 5.92 Å². The maximum Gasteiger partial charge on any atom is 0.228 e. The zero-order valence-electron chi connectivity index (χ0n) is 13.3. The molecule has 2 N–H and O–H groups in total. The zero-order valence-corrected chi connectivity index (χ0v) is 13.3. The highest BCUT2D eigenvalue weighted by Crippen LogP contribution is 2.36. The first-order valence-corrected chi connectivity index (χ1v) is 8.15. The fraction of sp³-hybridized carbons (Fsp3) is 0.611. The van der Waals surface area contributed by atoms with Crippen molar-refractivity contribution in [2.75, 3.05) is 19.6 Å². The molecule has 1 fully saturated rings. The van der Waals surface area contributed by atoms with Crippen LogP contribution >= 0.6 is 0 Å². The summed E-state index contributed by atoms with van der Waals surface area (Å²) in [7, 11) is 0. The molecule has 1 atom stereocenters. The number of piperidine rings is 1. The number of amides is 1. The van der Waals surface area contributed by atoms with Gasteiger partial charge in [-0.1, -0.05) is 50.6 Å². The Morgan fingerprint density at radius 1 is 1.19 bits per heavy atom. The van der Waals surface area contributed by atoms with Gasteiger partial charge in [-0.05, 0) is 50.4 Å². The number of primary amides is 1. The summed E-state index contributed by atoms with van der Waals surface area (Å²) in [5.74, 6) is 0.00269. The largest absolute Gasteiger partial charge is 0.369 e. The summed E-state index contributed by atoms with van der Waals surface area (Å²) in [4.78, 5) is 14.8. The standard InChI is InChI=1S/C18H28N2O/c1-15(2)18(17(19)21,16-9-5-3-6-10-16)11-14-20-12-7-4-8-13-20/h3,5-6,9-10,15H,4,7-8,11-14H2,1-2H3,(H2,19,21). The van der Waals surface area contributed by atoms with Crippen LogP contribution in [-0.2, 0) is 10.2 Å². The van der Waals surface area contributed by atoms with Gasteiger partial charge in [-0.15, -0.1) is 0 Å². The van der Waals surface area contributed by atoms with Crippen LogP contribution in [0.15, 0.2) is 30.3 Å². The Hall–Kier alpha value is -1.35. The summed E-state index contributed by atoms with van der Waals surface area (Å²) in [5.41, 5.74) is 6.37. The van der Waals surface area contributed by atoms with E-state index >= 15 is 0 Å². The molecule has 0 bridgehead atoms. The van der Waals surface area contributed by atoms with Crippen LogP contribution in [0.3, 0.4) is 0 Å². The molecule has 3 nitrogen and oxygen atoms in total. The summed E-state index contributed by atoms with van der Waals surface area (Å²) in [6.45, 7) is 7.47. The van der Waals surface area contributed by atoms with E-state index < -0.39 is 5.41 Å². The summed E-state index contributed by atoms with van der Waals surface area (Å²) in [6.07, 6.45) is 4.69. The van der Waals surface area contributed by atoms with E-state index in [4.69, 9.17) is 5.73 Å². The van der Waals surface area contributed by atoms with Crippen molar-refractivity contribution in [1.29, 1.82) is 0 Å². The third-order valence-electron chi connectivity index (χ3n) is 4.99. The average Bonchev–Trinajstić information content (AvgIpc) is 2.49. The van der Waals surface area contributed by atoms with Crippen molar-refractivity contribution in [2.45, 2.75) is 44.9 Å². The highest BCUT2D eigenvalue weighted by molar-refractivity contribution is 5.87. The molecule has 21 heavy (non-hydrogen) atoms. The predicted molar refractivity (Wildman–Crippen MR) is 87.1 cm³/mol. The van der Waals surface area contributed by atoms with E-state index in [0.717, 1.165) is 31.6 Å². The Balaban J connectivity index is 2.21. The third-order valence-corrected chi connectivity index (χ3v) is 4.99. The summed E-state index contributed by atoms with van der Waals surface area (Å²) >= 11 is 0. The molecule has 3 heteroatoms. The van der Waals surface area contributed by atoms with E-state index in [9.17, 15) is 4.79 Å². The van der Waals surface area contributed by atoms with E-state index in [1.165, 1.54) is 19.3 Å². The molecule has 0 radical (unpaired) electrons. The highest BCUT2D eigenvalue weighted by Gasteiger charge is 2.41. The molecule has 1 saturated heterocycles. The quantitative estimate of drug-likeness (QED) is 0.875. The lowest BCUT2D eigenvalue weighted by atomic mass is 9.68. The molecule has 116 valence electrons. The van der Waals surface area contributed by atoms with Gasteiger partial charge in [-0.3, -0.25) is 4.79 Å². The maximum absolute atomic E-state index is 12.3. The molecule has 1 heterocycles. The zero-order chi connectivity index (χ0) is 15.3. The summed E-state index contributed by atoms with van der Waals surface area (Å²) in [6, 6.07) is 10.1. The van der Waals surface area contributed by atoms with Crippen LogP contribution in [-0.4, -0.2) is 30.4 Å². The lowest BCUT2D eigenvalue weighted by molar-refractivity contribution is -0.125. The van der Waals surface area contributed by atoms with Crippen molar-refractivity contribution >= 4 is 5.91 Å².